The molecule has 0 aliphatic rings. The monoisotopic (exact) mass is 382 g/mol. The average Bonchev–Trinajstić information content (AvgIpc) is 2.45. The number of sulfonamides is 1. The summed E-state index contributed by atoms with van der Waals surface area (Å²) in [5, 5.41) is 0. The van der Waals surface area contributed by atoms with Gasteiger partial charge in [0.05, 0.1) is 4.90 Å². The van der Waals surface area contributed by atoms with Gasteiger partial charge in [-0.25, -0.2) is 13.1 Å². The molecule has 1 N–H and O–H groups in total. The fraction of sp³-hybridized carbons (Fsp3) is 0.533. The van der Waals surface area contributed by atoms with Crippen LogP contribution in [0.15, 0.2) is 29.2 Å². The van der Waals surface area contributed by atoms with Gasteiger partial charge in [0.1, 0.15) is 5.75 Å². The smallest absolute Gasteiger partial charge is 0.406 e. The van der Waals surface area contributed by atoms with Gasteiger partial charge in [0.2, 0.25) is 15.9 Å². The Morgan fingerprint density at radius 1 is 1.24 bits per heavy atom. The minimum Gasteiger partial charge on any atom is -0.406 e. The first-order chi connectivity index (χ1) is 11.4. The van der Waals surface area contributed by atoms with Crippen LogP contribution in [0.2, 0.25) is 0 Å². The summed E-state index contributed by atoms with van der Waals surface area (Å²) in [7, 11) is -2.29. The van der Waals surface area contributed by atoms with Crippen LogP contribution in [0.1, 0.15) is 20.3 Å². The van der Waals surface area contributed by atoms with Gasteiger partial charge in [-0.3, -0.25) is 4.79 Å². The van der Waals surface area contributed by atoms with Crippen LogP contribution >= 0.6 is 0 Å². The highest BCUT2D eigenvalue weighted by Crippen LogP contribution is 2.23. The number of carbonyl (C=O) groups is 1. The lowest BCUT2D eigenvalue weighted by Crippen LogP contribution is -2.34. The number of amides is 1. The van der Waals surface area contributed by atoms with E-state index in [0.717, 1.165) is 24.3 Å². The Morgan fingerprint density at radius 2 is 1.80 bits per heavy atom. The lowest BCUT2D eigenvalue weighted by Gasteiger charge is -2.19. The Balaban J connectivity index is 2.59. The van der Waals surface area contributed by atoms with Crippen LogP contribution in [-0.2, 0) is 14.8 Å². The zero-order valence-corrected chi connectivity index (χ0v) is 14.9. The molecule has 142 valence electrons. The van der Waals surface area contributed by atoms with Gasteiger partial charge in [-0.05, 0) is 30.2 Å². The summed E-state index contributed by atoms with van der Waals surface area (Å²) < 4.78 is 66.3. The second-order valence-electron chi connectivity index (χ2n) is 5.84. The number of benzene rings is 1. The predicted octanol–water partition coefficient (Wildman–Crippen LogP) is 2.37. The van der Waals surface area contributed by atoms with Gasteiger partial charge in [-0.1, -0.05) is 13.8 Å². The molecule has 0 heterocycles. The summed E-state index contributed by atoms with van der Waals surface area (Å²) in [6, 6.07) is 3.81. The molecule has 0 aliphatic carbocycles. The standard InChI is InChI=1S/C15H21F3N2O4S/c1-11(2)10-20(3)14(21)8-9-19-25(22,23)13-6-4-12(5-7-13)24-15(16,17)18/h4-7,11,19H,8-10H2,1-3H3. The van der Waals surface area contributed by atoms with Crippen LogP contribution in [-0.4, -0.2) is 45.7 Å². The number of hydrogen-bond acceptors (Lipinski definition) is 4. The van der Waals surface area contributed by atoms with Gasteiger partial charge < -0.3 is 9.64 Å². The summed E-state index contributed by atoms with van der Waals surface area (Å²) >= 11 is 0. The van der Waals surface area contributed by atoms with Gasteiger partial charge in [-0.2, -0.15) is 0 Å². The van der Waals surface area contributed by atoms with Gasteiger partial charge >= 0.3 is 6.36 Å². The molecule has 1 amide bonds. The van der Waals surface area contributed by atoms with Crippen LogP contribution in [0.3, 0.4) is 0 Å². The quantitative estimate of drug-likeness (QED) is 0.749. The van der Waals surface area contributed by atoms with E-state index in [1.54, 1.807) is 7.05 Å². The molecule has 0 saturated heterocycles. The van der Waals surface area contributed by atoms with Crippen molar-refractivity contribution in [2.24, 2.45) is 5.92 Å². The third-order valence-corrected chi connectivity index (χ3v) is 4.54. The van der Waals surface area contributed by atoms with E-state index in [1.807, 2.05) is 13.8 Å². The molecule has 0 saturated carbocycles. The van der Waals surface area contributed by atoms with Crippen molar-refractivity contribution in [2.45, 2.75) is 31.5 Å². The SMILES string of the molecule is CC(C)CN(C)C(=O)CCNS(=O)(=O)c1ccc(OC(F)(F)F)cc1. The van der Waals surface area contributed by atoms with E-state index < -0.39 is 22.1 Å². The second kappa shape index (κ2) is 8.52. The van der Waals surface area contributed by atoms with Crippen molar-refractivity contribution in [1.82, 2.24) is 9.62 Å². The molecular weight excluding hydrogens is 361 g/mol. The van der Waals surface area contributed by atoms with Crippen LogP contribution < -0.4 is 9.46 Å². The fourth-order valence-corrected chi connectivity index (χ4v) is 3.07. The Hall–Kier alpha value is -1.81. The number of rotatable bonds is 8. The van der Waals surface area contributed by atoms with Crippen molar-refractivity contribution in [3.05, 3.63) is 24.3 Å². The first kappa shape index (κ1) is 21.2. The Kier molecular flexibility index (Phi) is 7.24. The Morgan fingerprint density at radius 3 is 2.28 bits per heavy atom. The molecule has 6 nitrogen and oxygen atoms in total. The number of hydrogen-bond donors (Lipinski definition) is 1. The number of nitrogens with one attached hydrogen (secondary N) is 1. The topological polar surface area (TPSA) is 75.7 Å². The lowest BCUT2D eigenvalue weighted by atomic mass is 10.2. The molecule has 1 rings (SSSR count). The molecule has 0 spiro atoms. The van der Waals surface area contributed by atoms with Crippen molar-refractivity contribution >= 4 is 15.9 Å². The summed E-state index contributed by atoms with van der Waals surface area (Å²) in [4.78, 5) is 13.1. The molecule has 0 aliphatic heterocycles. The van der Waals surface area contributed by atoms with E-state index in [0.29, 0.717) is 12.5 Å². The summed E-state index contributed by atoms with van der Waals surface area (Å²) in [6.45, 7) is 4.37. The summed E-state index contributed by atoms with van der Waals surface area (Å²) in [5.41, 5.74) is 0. The molecule has 0 radical (unpaired) electrons. The molecule has 1 aromatic rings. The largest absolute Gasteiger partial charge is 0.573 e. The summed E-state index contributed by atoms with van der Waals surface area (Å²) in [6.07, 6.45) is -4.86. The molecule has 0 bridgehead atoms. The summed E-state index contributed by atoms with van der Waals surface area (Å²) in [5.74, 6) is -0.426. The van der Waals surface area contributed by atoms with E-state index in [2.05, 4.69) is 9.46 Å². The van der Waals surface area contributed by atoms with Gasteiger partial charge in [0.15, 0.2) is 0 Å². The third-order valence-electron chi connectivity index (χ3n) is 3.06. The number of alkyl halides is 3. The maximum atomic E-state index is 12.1. The first-order valence-electron chi connectivity index (χ1n) is 7.50. The highest BCUT2D eigenvalue weighted by molar-refractivity contribution is 7.89. The molecule has 10 heteroatoms. The van der Waals surface area contributed by atoms with E-state index in [9.17, 15) is 26.4 Å². The van der Waals surface area contributed by atoms with Gasteiger partial charge in [-0.15, -0.1) is 13.2 Å². The van der Waals surface area contributed by atoms with Crippen molar-refractivity contribution in [3.8, 4) is 5.75 Å². The minimum absolute atomic E-state index is 0.0162. The van der Waals surface area contributed by atoms with Crippen molar-refractivity contribution in [1.29, 1.82) is 0 Å². The third kappa shape index (κ3) is 7.74. The predicted molar refractivity (Wildman–Crippen MR) is 85.4 cm³/mol. The molecule has 0 fully saturated rings. The normalized spacial score (nSPS) is 12.3. The highest BCUT2D eigenvalue weighted by atomic mass is 32.2. The maximum Gasteiger partial charge on any atom is 0.573 e. The van der Waals surface area contributed by atoms with E-state index in [-0.39, 0.29) is 23.8 Å². The molecule has 0 unspecified atom stereocenters. The number of ether oxygens (including phenoxy) is 1. The molecule has 0 aromatic heterocycles. The Bertz CT molecular complexity index is 673. The molecule has 0 atom stereocenters. The number of halogens is 3. The zero-order chi connectivity index (χ0) is 19.3. The van der Waals surface area contributed by atoms with Gasteiger partial charge in [0, 0.05) is 26.6 Å². The first-order valence-corrected chi connectivity index (χ1v) is 8.98. The zero-order valence-electron chi connectivity index (χ0n) is 14.1. The fourth-order valence-electron chi connectivity index (χ4n) is 2.04. The maximum absolute atomic E-state index is 12.1. The second-order valence-corrected chi connectivity index (χ2v) is 7.60. The van der Waals surface area contributed by atoms with Crippen molar-refractivity contribution < 1.29 is 31.1 Å². The molecule has 1 aromatic carbocycles. The Labute approximate surface area is 145 Å². The van der Waals surface area contributed by atoms with E-state index in [4.69, 9.17) is 0 Å². The van der Waals surface area contributed by atoms with E-state index in [1.165, 1.54) is 4.90 Å². The van der Waals surface area contributed by atoms with Crippen LogP contribution in [0.5, 0.6) is 5.75 Å². The molecular formula is C15H21F3N2O4S. The van der Waals surface area contributed by atoms with Crippen LogP contribution in [0.25, 0.3) is 0 Å². The highest BCUT2D eigenvalue weighted by Gasteiger charge is 2.31. The average molecular weight is 382 g/mol. The van der Waals surface area contributed by atoms with Gasteiger partial charge in [0.25, 0.3) is 0 Å². The van der Waals surface area contributed by atoms with Crippen molar-refractivity contribution in [3.63, 3.8) is 0 Å². The van der Waals surface area contributed by atoms with Crippen molar-refractivity contribution in [2.75, 3.05) is 20.1 Å². The lowest BCUT2D eigenvalue weighted by molar-refractivity contribution is -0.274. The molecule has 25 heavy (non-hydrogen) atoms. The van der Waals surface area contributed by atoms with Crippen LogP contribution in [0.4, 0.5) is 13.2 Å². The minimum atomic E-state index is -4.85. The number of carbonyl (C=O) groups excluding carboxylic acids is 1. The number of nitrogens with zero attached hydrogens (tertiary/aromatic N) is 1. The van der Waals surface area contributed by atoms with Crippen LogP contribution in [0, 0.1) is 5.92 Å². The van der Waals surface area contributed by atoms with E-state index >= 15 is 0 Å².